The number of phenols is 1. The highest BCUT2D eigenvalue weighted by Crippen LogP contribution is 2.52. The van der Waals surface area contributed by atoms with Crippen LogP contribution >= 0.6 is 0 Å². The molecule has 1 saturated carbocycles. The summed E-state index contributed by atoms with van der Waals surface area (Å²) in [6.45, 7) is 3.73. The van der Waals surface area contributed by atoms with E-state index in [4.69, 9.17) is 4.74 Å². The quantitative estimate of drug-likeness (QED) is 0.839. The minimum atomic E-state index is -0.837. The van der Waals surface area contributed by atoms with E-state index in [1.807, 2.05) is 42.5 Å². The molecule has 0 aromatic heterocycles. The standard InChI is InChI=1S/C21H22O3/c1-2-6-14-11-19-17(12-18(14)22)16-9-10-21(23,13-20(16)24-19)15-7-4-3-5-8-15/h2-5,7-8,11-12,16,20,22-23H,1,6,9-10,13H2/t16-,20+,21?/m0/s1. The Morgan fingerprint density at radius 2 is 2.04 bits per heavy atom. The van der Waals surface area contributed by atoms with Crippen LogP contribution in [-0.4, -0.2) is 16.3 Å². The number of ether oxygens (including phenoxy) is 1. The van der Waals surface area contributed by atoms with E-state index in [-0.39, 0.29) is 12.0 Å². The largest absolute Gasteiger partial charge is 0.508 e. The number of hydrogen-bond donors (Lipinski definition) is 2. The van der Waals surface area contributed by atoms with Gasteiger partial charge in [-0.3, -0.25) is 0 Å². The van der Waals surface area contributed by atoms with E-state index in [9.17, 15) is 10.2 Å². The van der Waals surface area contributed by atoms with Crippen LogP contribution in [0.15, 0.2) is 55.1 Å². The van der Waals surface area contributed by atoms with Crippen molar-refractivity contribution in [2.45, 2.75) is 43.3 Å². The van der Waals surface area contributed by atoms with E-state index in [1.54, 1.807) is 6.08 Å². The topological polar surface area (TPSA) is 49.7 Å². The first-order valence-electron chi connectivity index (χ1n) is 8.52. The van der Waals surface area contributed by atoms with Gasteiger partial charge in [-0.25, -0.2) is 0 Å². The first-order valence-corrected chi connectivity index (χ1v) is 8.52. The lowest BCUT2D eigenvalue weighted by Crippen LogP contribution is -2.39. The van der Waals surface area contributed by atoms with Crippen molar-refractivity contribution in [3.8, 4) is 11.5 Å². The highest BCUT2D eigenvalue weighted by molar-refractivity contribution is 5.51. The fraction of sp³-hybridized carbons (Fsp3) is 0.333. The lowest BCUT2D eigenvalue weighted by Gasteiger charge is -2.38. The first-order chi connectivity index (χ1) is 11.6. The summed E-state index contributed by atoms with van der Waals surface area (Å²) in [6, 6.07) is 13.6. The van der Waals surface area contributed by atoms with Crippen LogP contribution < -0.4 is 4.74 Å². The highest BCUT2D eigenvalue weighted by Gasteiger charge is 2.46. The van der Waals surface area contributed by atoms with Crippen LogP contribution in [0.1, 0.15) is 41.9 Å². The molecule has 3 heteroatoms. The SMILES string of the molecule is C=CCc1cc2c(cc1O)[C@@H]1CCC(O)(c3ccccc3)C[C@H]1O2. The molecule has 2 aliphatic rings. The smallest absolute Gasteiger partial charge is 0.123 e. The summed E-state index contributed by atoms with van der Waals surface area (Å²) >= 11 is 0. The van der Waals surface area contributed by atoms with E-state index in [0.29, 0.717) is 25.0 Å². The van der Waals surface area contributed by atoms with Crippen molar-refractivity contribution in [1.82, 2.24) is 0 Å². The molecule has 1 heterocycles. The molecule has 1 fully saturated rings. The molecule has 24 heavy (non-hydrogen) atoms. The summed E-state index contributed by atoms with van der Waals surface area (Å²) in [5, 5.41) is 21.3. The third-order valence-corrected chi connectivity index (χ3v) is 5.42. The molecule has 0 bridgehead atoms. The Balaban J connectivity index is 1.63. The molecule has 2 aromatic carbocycles. The molecular weight excluding hydrogens is 300 g/mol. The summed E-state index contributed by atoms with van der Waals surface area (Å²) < 4.78 is 6.16. The van der Waals surface area contributed by atoms with Crippen molar-refractivity contribution < 1.29 is 14.9 Å². The molecule has 0 spiro atoms. The highest BCUT2D eigenvalue weighted by atomic mass is 16.5. The van der Waals surface area contributed by atoms with Gasteiger partial charge in [0.1, 0.15) is 17.6 Å². The van der Waals surface area contributed by atoms with Gasteiger partial charge in [0, 0.05) is 23.5 Å². The average molecular weight is 322 g/mol. The van der Waals surface area contributed by atoms with Crippen molar-refractivity contribution in [3.63, 3.8) is 0 Å². The Morgan fingerprint density at radius 1 is 1.25 bits per heavy atom. The second-order valence-electron chi connectivity index (χ2n) is 6.91. The summed E-state index contributed by atoms with van der Waals surface area (Å²) in [4.78, 5) is 0. The summed E-state index contributed by atoms with van der Waals surface area (Å²) in [7, 11) is 0. The summed E-state index contributed by atoms with van der Waals surface area (Å²) in [5.74, 6) is 1.39. The molecule has 3 atom stereocenters. The van der Waals surface area contributed by atoms with Gasteiger partial charge in [-0.2, -0.15) is 0 Å². The van der Waals surface area contributed by atoms with Gasteiger partial charge in [-0.1, -0.05) is 36.4 Å². The van der Waals surface area contributed by atoms with Crippen LogP contribution in [0.25, 0.3) is 0 Å². The molecule has 4 rings (SSSR count). The van der Waals surface area contributed by atoms with E-state index >= 15 is 0 Å². The molecule has 124 valence electrons. The third-order valence-electron chi connectivity index (χ3n) is 5.42. The normalized spacial score (nSPS) is 27.9. The molecule has 2 N–H and O–H groups in total. The lowest BCUT2D eigenvalue weighted by atomic mass is 9.72. The third kappa shape index (κ3) is 2.40. The fourth-order valence-electron chi connectivity index (χ4n) is 4.15. The van der Waals surface area contributed by atoms with E-state index < -0.39 is 5.60 Å². The monoisotopic (exact) mass is 322 g/mol. The predicted octanol–water partition coefficient (Wildman–Crippen LogP) is 4.04. The minimum Gasteiger partial charge on any atom is -0.508 e. The van der Waals surface area contributed by atoms with E-state index in [0.717, 1.165) is 28.9 Å². The van der Waals surface area contributed by atoms with E-state index in [1.165, 1.54) is 0 Å². The van der Waals surface area contributed by atoms with Crippen LogP contribution in [0.4, 0.5) is 0 Å². The zero-order valence-electron chi connectivity index (χ0n) is 13.6. The second-order valence-corrected chi connectivity index (χ2v) is 6.91. The number of aromatic hydroxyl groups is 1. The Kier molecular flexibility index (Phi) is 3.61. The minimum absolute atomic E-state index is 0.0441. The fourth-order valence-corrected chi connectivity index (χ4v) is 4.15. The van der Waals surface area contributed by atoms with Gasteiger partial charge >= 0.3 is 0 Å². The molecule has 2 aromatic rings. The molecule has 0 saturated heterocycles. The second kappa shape index (κ2) is 5.67. The van der Waals surface area contributed by atoms with Gasteiger partial charge in [0.2, 0.25) is 0 Å². The number of hydrogen-bond acceptors (Lipinski definition) is 3. The Labute approximate surface area is 142 Å². The van der Waals surface area contributed by atoms with Crippen molar-refractivity contribution in [2.75, 3.05) is 0 Å². The van der Waals surface area contributed by atoms with Gasteiger partial charge in [0.15, 0.2) is 0 Å². The number of benzene rings is 2. The molecule has 1 aliphatic carbocycles. The number of rotatable bonds is 3. The van der Waals surface area contributed by atoms with E-state index in [2.05, 4.69) is 6.58 Å². The lowest BCUT2D eigenvalue weighted by molar-refractivity contribution is -0.0429. The zero-order valence-corrected chi connectivity index (χ0v) is 13.6. The molecule has 3 nitrogen and oxygen atoms in total. The zero-order chi connectivity index (χ0) is 16.7. The number of fused-ring (bicyclic) bond motifs is 3. The number of aliphatic hydroxyl groups is 1. The molecule has 1 unspecified atom stereocenters. The first kappa shape index (κ1) is 15.3. The maximum atomic E-state index is 11.1. The van der Waals surface area contributed by atoms with Crippen LogP contribution in [0.2, 0.25) is 0 Å². The molecule has 1 aliphatic heterocycles. The van der Waals surface area contributed by atoms with Gasteiger partial charge < -0.3 is 14.9 Å². The van der Waals surface area contributed by atoms with Crippen LogP contribution in [0.5, 0.6) is 11.5 Å². The molecule has 0 radical (unpaired) electrons. The number of allylic oxidation sites excluding steroid dienone is 1. The molecular formula is C21H22O3. The van der Waals surface area contributed by atoms with Crippen molar-refractivity contribution in [2.24, 2.45) is 0 Å². The maximum absolute atomic E-state index is 11.1. The van der Waals surface area contributed by atoms with Crippen molar-refractivity contribution >= 4 is 0 Å². The van der Waals surface area contributed by atoms with Crippen LogP contribution in [0.3, 0.4) is 0 Å². The average Bonchev–Trinajstić information content (AvgIpc) is 2.92. The Bertz CT molecular complexity index is 768. The Hall–Kier alpha value is -2.26. The maximum Gasteiger partial charge on any atom is 0.123 e. The van der Waals surface area contributed by atoms with Gasteiger partial charge in [-0.15, -0.1) is 6.58 Å². The van der Waals surface area contributed by atoms with Crippen LogP contribution in [-0.2, 0) is 12.0 Å². The van der Waals surface area contributed by atoms with Crippen LogP contribution in [0, 0.1) is 0 Å². The van der Waals surface area contributed by atoms with Gasteiger partial charge in [0.05, 0.1) is 5.60 Å². The van der Waals surface area contributed by atoms with Crippen molar-refractivity contribution in [1.29, 1.82) is 0 Å². The van der Waals surface area contributed by atoms with Gasteiger partial charge in [0.25, 0.3) is 0 Å². The number of phenolic OH excluding ortho intramolecular Hbond substituents is 1. The summed E-state index contributed by atoms with van der Waals surface area (Å²) in [6.07, 6.45) is 4.48. The van der Waals surface area contributed by atoms with Gasteiger partial charge in [-0.05, 0) is 37.0 Å². The Morgan fingerprint density at radius 3 is 2.79 bits per heavy atom. The predicted molar refractivity (Wildman–Crippen MR) is 93.4 cm³/mol. The molecule has 0 amide bonds. The van der Waals surface area contributed by atoms with Crippen molar-refractivity contribution in [3.05, 3.63) is 71.8 Å². The summed E-state index contributed by atoms with van der Waals surface area (Å²) in [5.41, 5.74) is 2.02.